The second kappa shape index (κ2) is 11.0. The number of pyridine rings is 1. The molecule has 6 rings (SSSR count). The maximum atomic E-state index is 12.9. The highest BCUT2D eigenvalue weighted by Crippen LogP contribution is 2.23. The molecule has 2 N–H and O–H groups in total. The largest absolute Gasteiger partial charge is 0.369 e. The SMILES string of the molecule is CN1CCN(c2cccc(CNC(=O)c3ccc(-c4cccc5nc(Nc6ccccc6)nn45)cc3)c2)CC1. The van der Waals surface area contributed by atoms with Crippen LogP contribution in [0.2, 0.25) is 0 Å². The van der Waals surface area contributed by atoms with E-state index in [2.05, 4.69) is 61.8 Å². The van der Waals surface area contributed by atoms with Gasteiger partial charge < -0.3 is 20.4 Å². The highest BCUT2D eigenvalue weighted by molar-refractivity contribution is 5.94. The molecule has 3 aromatic carbocycles. The summed E-state index contributed by atoms with van der Waals surface area (Å²) in [5.74, 6) is 0.432. The lowest BCUT2D eigenvalue weighted by Crippen LogP contribution is -2.44. The highest BCUT2D eigenvalue weighted by Gasteiger charge is 2.15. The third-order valence-electron chi connectivity index (χ3n) is 7.06. The fourth-order valence-corrected chi connectivity index (χ4v) is 4.83. The number of nitrogens with one attached hydrogen (secondary N) is 2. The van der Waals surface area contributed by atoms with Gasteiger partial charge in [0.15, 0.2) is 5.65 Å². The van der Waals surface area contributed by atoms with Crippen molar-refractivity contribution in [3.8, 4) is 11.3 Å². The predicted octanol–water partition coefficient (Wildman–Crippen LogP) is 4.82. The van der Waals surface area contributed by atoms with Crippen LogP contribution >= 0.6 is 0 Å². The number of hydrogen-bond donors (Lipinski definition) is 2. The van der Waals surface area contributed by atoms with Crippen molar-refractivity contribution < 1.29 is 4.79 Å². The molecule has 0 saturated carbocycles. The van der Waals surface area contributed by atoms with E-state index in [1.807, 2.05) is 77.3 Å². The summed E-state index contributed by atoms with van der Waals surface area (Å²) in [6.07, 6.45) is 0. The molecule has 1 aliphatic heterocycles. The van der Waals surface area contributed by atoms with Crippen LogP contribution in [-0.4, -0.2) is 58.6 Å². The van der Waals surface area contributed by atoms with E-state index in [0.717, 1.165) is 54.3 Å². The second-order valence-electron chi connectivity index (χ2n) is 9.83. The van der Waals surface area contributed by atoms with Crippen LogP contribution in [0.25, 0.3) is 16.9 Å². The van der Waals surface area contributed by atoms with Gasteiger partial charge in [0.25, 0.3) is 5.91 Å². The van der Waals surface area contributed by atoms with E-state index >= 15 is 0 Å². The molecule has 0 radical (unpaired) electrons. The molecule has 0 bridgehead atoms. The molecule has 0 atom stereocenters. The van der Waals surface area contributed by atoms with Crippen molar-refractivity contribution >= 4 is 28.9 Å². The van der Waals surface area contributed by atoms with Crippen molar-refractivity contribution in [1.29, 1.82) is 0 Å². The zero-order valence-electron chi connectivity index (χ0n) is 21.9. The number of piperazine rings is 1. The predicted molar refractivity (Wildman–Crippen MR) is 155 cm³/mol. The fraction of sp³-hybridized carbons (Fsp3) is 0.194. The van der Waals surface area contributed by atoms with Crippen LogP contribution in [0.15, 0.2) is 97.1 Å². The van der Waals surface area contributed by atoms with Crippen LogP contribution in [0.4, 0.5) is 17.3 Å². The van der Waals surface area contributed by atoms with E-state index in [-0.39, 0.29) is 5.91 Å². The molecule has 8 nitrogen and oxygen atoms in total. The molecular formula is C31H31N7O. The Hall–Kier alpha value is -4.69. The standard InChI is InChI=1S/C31H31N7O/c1-36-17-19-37(20-18-36)27-10-5-7-23(21-27)22-32-30(39)25-15-13-24(14-16-25)28-11-6-12-29-34-31(35-38(28)29)33-26-8-3-2-4-9-26/h2-16,21H,17-20,22H2,1H3,(H,32,39)(H,33,35). The quantitative estimate of drug-likeness (QED) is 0.322. The van der Waals surface area contributed by atoms with E-state index in [4.69, 9.17) is 0 Å². The van der Waals surface area contributed by atoms with Crippen molar-refractivity contribution in [1.82, 2.24) is 24.8 Å². The first-order valence-electron chi connectivity index (χ1n) is 13.2. The van der Waals surface area contributed by atoms with E-state index in [0.29, 0.717) is 18.1 Å². The van der Waals surface area contributed by atoms with Gasteiger partial charge in [-0.1, -0.05) is 48.5 Å². The molecular weight excluding hydrogens is 486 g/mol. The Morgan fingerprint density at radius 2 is 1.62 bits per heavy atom. The minimum atomic E-state index is -0.0973. The van der Waals surface area contributed by atoms with Crippen LogP contribution in [0.3, 0.4) is 0 Å². The van der Waals surface area contributed by atoms with Crippen LogP contribution in [-0.2, 0) is 6.54 Å². The summed E-state index contributed by atoms with van der Waals surface area (Å²) in [7, 11) is 2.16. The zero-order chi connectivity index (χ0) is 26.6. The Kier molecular flexibility index (Phi) is 6.93. The summed E-state index contributed by atoms with van der Waals surface area (Å²) >= 11 is 0. The summed E-state index contributed by atoms with van der Waals surface area (Å²) in [5.41, 5.74) is 6.44. The third-order valence-corrected chi connectivity index (χ3v) is 7.06. The van der Waals surface area contributed by atoms with Crippen molar-refractivity contribution in [2.24, 2.45) is 0 Å². The summed E-state index contributed by atoms with van der Waals surface area (Å²) in [5, 5.41) is 11.0. The number of carbonyl (C=O) groups excluding carboxylic acids is 1. The minimum Gasteiger partial charge on any atom is -0.369 e. The number of nitrogens with zero attached hydrogens (tertiary/aromatic N) is 5. The van der Waals surface area contributed by atoms with Gasteiger partial charge in [-0.15, -0.1) is 5.10 Å². The molecule has 1 aliphatic rings. The van der Waals surface area contributed by atoms with Crippen LogP contribution in [0.1, 0.15) is 15.9 Å². The number of rotatable bonds is 7. The average molecular weight is 518 g/mol. The van der Waals surface area contributed by atoms with Crippen molar-refractivity contribution in [3.05, 3.63) is 108 Å². The monoisotopic (exact) mass is 517 g/mol. The lowest BCUT2D eigenvalue weighted by molar-refractivity contribution is 0.0951. The van der Waals surface area contributed by atoms with Gasteiger partial charge in [0.05, 0.1) is 5.69 Å². The second-order valence-corrected chi connectivity index (χ2v) is 9.83. The van der Waals surface area contributed by atoms with Crippen LogP contribution < -0.4 is 15.5 Å². The van der Waals surface area contributed by atoms with Gasteiger partial charge in [-0.05, 0) is 61.1 Å². The van der Waals surface area contributed by atoms with Gasteiger partial charge in [0.1, 0.15) is 0 Å². The maximum absolute atomic E-state index is 12.9. The Morgan fingerprint density at radius 3 is 2.41 bits per heavy atom. The van der Waals surface area contributed by atoms with E-state index in [1.54, 1.807) is 0 Å². The normalized spacial score (nSPS) is 13.9. The first-order valence-corrected chi connectivity index (χ1v) is 13.2. The molecule has 0 aliphatic carbocycles. The van der Waals surface area contributed by atoms with Gasteiger partial charge in [0.2, 0.25) is 5.95 Å². The molecule has 1 saturated heterocycles. The number of fused-ring (bicyclic) bond motifs is 1. The minimum absolute atomic E-state index is 0.0973. The number of hydrogen-bond acceptors (Lipinski definition) is 6. The summed E-state index contributed by atoms with van der Waals surface area (Å²) in [4.78, 5) is 22.3. The highest BCUT2D eigenvalue weighted by atomic mass is 16.1. The average Bonchev–Trinajstić information content (AvgIpc) is 3.39. The molecule has 2 aromatic heterocycles. The maximum Gasteiger partial charge on any atom is 0.251 e. The number of anilines is 3. The van der Waals surface area contributed by atoms with Crippen molar-refractivity contribution in [2.45, 2.75) is 6.54 Å². The Balaban J connectivity index is 1.12. The smallest absolute Gasteiger partial charge is 0.251 e. The van der Waals surface area contributed by atoms with Gasteiger partial charge in [0, 0.05) is 55.2 Å². The van der Waals surface area contributed by atoms with Crippen LogP contribution in [0.5, 0.6) is 0 Å². The summed E-state index contributed by atoms with van der Waals surface area (Å²) < 4.78 is 1.81. The number of para-hydroxylation sites is 1. The van der Waals surface area contributed by atoms with E-state index < -0.39 is 0 Å². The van der Waals surface area contributed by atoms with Gasteiger partial charge in [-0.25, -0.2) is 4.52 Å². The topological polar surface area (TPSA) is 77.8 Å². The number of aromatic nitrogens is 3. The molecule has 39 heavy (non-hydrogen) atoms. The number of likely N-dealkylation sites (N-methyl/N-ethyl adjacent to an activating group) is 1. The number of amides is 1. The molecule has 8 heteroatoms. The summed E-state index contributed by atoms with van der Waals surface area (Å²) in [6.45, 7) is 4.65. The first-order chi connectivity index (χ1) is 19.1. The van der Waals surface area contributed by atoms with Crippen molar-refractivity contribution in [2.75, 3.05) is 43.4 Å². The molecule has 5 aromatic rings. The van der Waals surface area contributed by atoms with E-state index in [9.17, 15) is 4.79 Å². The summed E-state index contributed by atoms with van der Waals surface area (Å²) in [6, 6.07) is 31.8. The van der Waals surface area contributed by atoms with Gasteiger partial charge in [-0.2, -0.15) is 4.98 Å². The Morgan fingerprint density at radius 1 is 0.846 bits per heavy atom. The van der Waals surface area contributed by atoms with Gasteiger partial charge in [-0.3, -0.25) is 4.79 Å². The lowest BCUT2D eigenvalue weighted by atomic mass is 10.1. The number of carbonyl (C=O) groups is 1. The molecule has 1 fully saturated rings. The molecule has 3 heterocycles. The molecule has 1 amide bonds. The molecule has 0 unspecified atom stereocenters. The van der Waals surface area contributed by atoms with E-state index in [1.165, 1.54) is 5.69 Å². The lowest BCUT2D eigenvalue weighted by Gasteiger charge is -2.34. The third kappa shape index (κ3) is 5.61. The number of benzene rings is 3. The molecule has 0 spiro atoms. The first kappa shape index (κ1) is 24.6. The zero-order valence-corrected chi connectivity index (χ0v) is 21.9. The van der Waals surface area contributed by atoms with Gasteiger partial charge >= 0.3 is 0 Å². The Bertz CT molecular complexity index is 1570. The fourth-order valence-electron chi connectivity index (χ4n) is 4.83. The molecule has 196 valence electrons. The van der Waals surface area contributed by atoms with Crippen LogP contribution in [0, 0.1) is 0 Å². The Labute approximate surface area is 227 Å². The van der Waals surface area contributed by atoms with Crippen molar-refractivity contribution in [3.63, 3.8) is 0 Å².